The number of likely N-dealkylation sites (N-methyl/N-ethyl adjacent to an activating group) is 1. The Bertz CT molecular complexity index is 623. The van der Waals surface area contributed by atoms with Gasteiger partial charge in [0.2, 0.25) is 0 Å². The number of nitrogens with zero attached hydrogens (tertiary/aromatic N) is 2. The molecule has 3 heterocycles. The van der Waals surface area contributed by atoms with E-state index < -0.39 is 0 Å². The zero-order valence-electron chi connectivity index (χ0n) is 13.5. The van der Waals surface area contributed by atoms with Crippen LogP contribution in [0.2, 0.25) is 0 Å². The van der Waals surface area contributed by atoms with Gasteiger partial charge in [-0.1, -0.05) is 0 Å². The molecule has 1 aromatic rings. The van der Waals surface area contributed by atoms with Gasteiger partial charge >= 0.3 is 0 Å². The zero-order valence-corrected chi connectivity index (χ0v) is 14.3. The molecule has 3 aliphatic rings. The highest BCUT2D eigenvalue weighted by Gasteiger charge is 2.29. The van der Waals surface area contributed by atoms with Gasteiger partial charge in [-0.05, 0) is 62.2 Å². The molecule has 4 nitrogen and oxygen atoms in total. The predicted molar refractivity (Wildman–Crippen MR) is 91.6 cm³/mol. The lowest BCUT2D eigenvalue weighted by Crippen LogP contribution is -2.39. The number of rotatable bonds is 2. The van der Waals surface area contributed by atoms with Crippen LogP contribution in [0.5, 0.6) is 5.75 Å². The van der Waals surface area contributed by atoms with Crippen LogP contribution in [0.1, 0.15) is 13.8 Å². The fraction of sp³-hybridized carbons (Fsp3) is 0.529. The van der Waals surface area contributed by atoms with Crippen molar-refractivity contribution < 1.29 is 4.74 Å². The molecule has 1 N–H and O–H groups in total. The summed E-state index contributed by atoms with van der Waals surface area (Å²) in [6, 6.07) is 6.48. The summed E-state index contributed by atoms with van der Waals surface area (Å²) in [5.74, 6) is 0.962. The summed E-state index contributed by atoms with van der Waals surface area (Å²) >= 11 is 1.86. The number of anilines is 1. The molecule has 5 heteroatoms. The summed E-state index contributed by atoms with van der Waals surface area (Å²) in [4.78, 5) is 3.68. The maximum Gasteiger partial charge on any atom is 0.143 e. The summed E-state index contributed by atoms with van der Waals surface area (Å²) in [6.07, 6.45) is 0. The first kappa shape index (κ1) is 14.4. The van der Waals surface area contributed by atoms with Crippen molar-refractivity contribution in [2.45, 2.75) is 24.3 Å². The molecule has 1 aromatic carbocycles. The molecule has 0 atom stereocenters. The first-order valence-corrected chi connectivity index (χ1v) is 8.64. The zero-order chi connectivity index (χ0) is 15.3. The standard InChI is InChI=1S/C17H23N3OS/c1-17(2)11-18-15-6-14(4-5-16(15)21-17)22-20-9-12-7-19(3)8-13(12)10-20/h4-6,18H,7-11H2,1-3H3. The SMILES string of the molecule is CN1CC2=C(C1)CN(Sc1ccc3c(c1)NCC(C)(C)O3)C2. The first-order valence-electron chi connectivity index (χ1n) is 7.87. The Kier molecular flexibility index (Phi) is 3.40. The number of ether oxygens (including phenoxy) is 1. The molecule has 0 aliphatic carbocycles. The van der Waals surface area contributed by atoms with Crippen molar-refractivity contribution >= 4 is 17.6 Å². The lowest BCUT2D eigenvalue weighted by Gasteiger charge is -2.33. The van der Waals surface area contributed by atoms with Crippen LogP contribution in [-0.4, -0.2) is 54.6 Å². The van der Waals surface area contributed by atoms with Gasteiger partial charge in [0.1, 0.15) is 11.4 Å². The molecule has 0 aromatic heterocycles. The van der Waals surface area contributed by atoms with Crippen LogP contribution in [-0.2, 0) is 0 Å². The summed E-state index contributed by atoms with van der Waals surface area (Å²) in [7, 11) is 2.20. The van der Waals surface area contributed by atoms with Crippen molar-refractivity contribution in [2.24, 2.45) is 0 Å². The van der Waals surface area contributed by atoms with Crippen molar-refractivity contribution in [3.05, 3.63) is 29.3 Å². The average molecular weight is 317 g/mol. The fourth-order valence-corrected chi connectivity index (χ4v) is 4.42. The molecular formula is C17H23N3OS. The maximum atomic E-state index is 6.02. The van der Waals surface area contributed by atoms with E-state index in [2.05, 4.69) is 53.6 Å². The lowest BCUT2D eigenvalue weighted by molar-refractivity contribution is 0.116. The molecule has 0 saturated heterocycles. The molecule has 0 spiro atoms. The molecule has 0 amide bonds. The summed E-state index contributed by atoms with van der Waals surface area (Å²) in [5, 5.41) is 3.49. The third kappa shape index (κ3) is 2.73. The van der Waals surface area contributed by atoms with Gasteiger partial charge in [0.15, 0.2) is 0 Å². The number of hydrogen-bond acceptors (Lipinski definition) is 5. The monoisotopic (exact) mass is 317 g/mol. The van der Waals surface area contributed by atoms with Crippen molar-refractivity contribution in [3.8, 4) is 5.75 Å². The number of nitrogens with one attached hydrogen (secondary N) is 1. The highest BCUT2D eigenvalue weighted by Crippen LogP contribution is 2.38. The maximum absolute atomic E-state index is 6.02. The molecule has 22 heavy (non-hydrogen) atoms. The Hall–Kier alpha value is -1.17. The van der Waals surface area contributed by atoms with Crippen molar-refractivity contribution in [2.75, 3.05) is 45.1 Å². The van der Waals surface area contributed by atoms with Crippen molar-refractivity contribution in [1.82, 2.24) is 9.21 Å². The molecular weight excluding hydrogens is 294 g/mol. The van der Waals surface area contributed by atoms with Crippen LogP contribution in [0.15, 0.2) is 34.2 Å². The van der Waals surface area contributed by atoms with E-state index in [9.17, 15) is 0 Å². The van der Waals surface area contributed by atoms with E-state index in [-0.39, 0.29) is 5.60 Å². The highest BCUT2D eigenvalue weighted by atomic mass is 32.2. The van der Waals surface area contributed by atoms with E-state index in [1.165, 1.54) is 4.90 Å². The van der Waals surface area contributed by atoms with Gasteiger partial charge in [0.25, 0.3) is 0 Å². The van der Waals surface area contributed by atoms with E-state index in [0.29, 0.717) is 0 Å². The van der Waals surface area contributed by atoms with E-state index in [0.717, 1.165) is 44.2 Å². The van der Waals surface area contributed by atoms with Gasteiger partial charge in [-0.3, -0.25) is 4.90 Å². The number of fused-ring (bicyclic) bond motifs is 1. The fourth-order valence-electron chi connectivity index (χ4n) is 3.38. The molecule has 0 unspecified atom stereocenters. The number of benzene rings is 1. The molecule has 3 aliphatic heterocycles. The van der Waals surface area contributed by atoms with Gasteiger partial charge < -0.3 is 10.1 Å². The topological polar surface area (TPSA) is 27.7 Å². The Labute approximate surface area is 136 Å². The van der Waals surface area contributed by atoms with E-state index in [1.54, 1.807) is 11.1 Å². The summed E-state index contributed by atoms with van der Waals surface area (Å²) in [5.41, 5.74) is 4.23. The average Bonchev–Trinajstić information content (AvgIpc) is 2.95. The molecule has 4 rings (SSSR count). The molecule has 118 valence electrons. The third-order valence-electron chi connectivity index (χ3n) is 4.43. The summed E-state index contributed by atoms with van der Waals surface area (Å²) < 4.78 is 8.48. The van der Waals surface area contributed by atoms with Crippen molar-refractivity contribution in [3.63, 3.8) is 0 Å². The Morgan fingerprint density at radius 3 is 2.59 bits per heavy atom. The van der Waals surface area contributed by atoms with Gasteiger partial charge in [0, 0.05) is 31.1 Å². The molecule has 0 fully saturated rings. The summed E-state index contributed by atoms with van der Waals surface area (Å²) in [6.45, 7) is 9.54. The quantitative estimate of drug-likeness (QED) is 0.669. The molecule has 0 saturated carbocycles. The van der Waals surface area contributed by atoms with E-state index in [4.69, 9.17) is 4.74 Å². The van der Waals surface area contributed by atoms with Crippen LogP contribution >= 0.6 is 11.9 Å². The second-order valence-corrected chi connectivity index (χ2v) is 8.31. The first-order chi connectivity index (χ1) is 10.5. The lowest BCUT2D eigenvalue weighted by atomic mass is 10.1. The molecule has 0 radical (unpaired) electrons. The van der Waals surface area contributed by atoms with E-state index in [1.807, 2.05) is 11.9 Å². The minimum atomic E-state index is -0.132. The second kappa shape index (κ2) is 5.18. The Morgan fingerprint density at radius 2 is 1.86 bits per heavy atom. The Balaban J connectivity index is 1.43. The minimum absolute atomic E-state index is 0.132. The van der Waals surface area contributed by atoms with Crippen LogP contribution in [0.4, 0.5) is 5.69 Å². The minimum Gasteiger partial charge on any atom is -0.484 e. The van der Waals surface area contributed by atoms with Crippen molar-refractivity contribution in [1.29, 1.82) is 0 Å². The van der Waals surface area contributed by atoms with Gasteiger partial charge in [-0.15, -0.1) is 0 Å². The highest BCUT2D eigenvalue weighted by molar-refractivity contribution is 7.97. The van der Waals surface area contributed by atoms with Gasteiger partial charge in [-0.25, -0.2) is 4.31 Å². The van der Waals surface area contributed by atoms with Crippen LogP contribution < -0.4 is 10.1 Å². The second-order valence-electron chi connectivity index (χ2n) is 7.14. The predicted octanol–water partition coefficient (Wildman–Crippen LogP) is 2.83. The normalized spacial score (nSPS) is 24.0. The smallest absolute Gasteiger partial charge is 0.143 e. The third-order valence-corrected chi connectivity index (χ3v) is 5.41. The van der Waals surface area contributed by atoms with Gasteiger partial charge in [0.05, 0.1) is 12.2 Å². The largest absolute Gasteiger partial charge is 0.484 e. The van der Waals surface area contributed by atoms with Crippen LogP contribution in [0.25, 0.3) is 0 Å². The number of hydrogen-bond donors (Lipinski definition) is 1. The van der Waals surface area contributed by atoms with E-state index >= 15 is 0 Å². The van der Waals surface area contributed by atoms with Gasteiger partial charge in [-0.2, -0.15) is 0 Å². The molecule has 0 bridgehead atoms. The van der Waals surface area contributed by atoms with Crippen LogP contribution in [0.3, 0.4) is 0 Å². The Morgan fingerprint density at radius 1 is 1.14 bits per heavy atom. The van der Waals surface area contributed by atoms with Crippen LogP contribution in [0, 0.1) is 0 Å².